The first kappa shape index (κ1) is 32.6. The molecule has 0 bridgehead atoms. The maximum Gasteiger partial charge on any atom is 0.337 e. The summed E-state index contributed by atoms with van der Waals surface area (Å²) in [5, 5.41) is 19.9. The van der Waals surface area contributed by atoms with Crippen LogP contribution in [0.2, 0.25) is 0 Å². The summed E-state index contributed by atoms with van der Waals surface area (Å²) >= 11 is 2.22. The highest BCUT2D eigenvalue weighted by atomic mass is 127. The second-order valence-electron chi connectivity index (χ2n) is 9.88. The number of carbonyl (C=O) groups is 2. The van der Waals surface area contributed by atoms with Crippen molar-refractivity contribution >= 4 is 40.8 Å². The summed E-state index contributed by atoms with van der Waals surface area (Å²) in [7, 11) is 1.28. The van der Waals surface area contributed by atoms with Gasteiger partial charge in [0, 0.05) is 5.70 Å². The molecular formula is C32H35IN4O7. The molecule has 4 rings (SSSR count). The van der Waals surface area contributed by atoms with Gasteiger partial charge in [0.05, 0.1) is 35.1 Å². The summed E-state index contributed by atoms with van der Waals surface area (Å²) in [5.41, 5.74) is 7.04. The fourth-order valence-corrected chi connectivity index (χ4v) is 5.19. The third kappa shape index (κ3) is 8.63. The van der Waals surface area contributed by atoms with Crippen molar-refractivity contribution in [1.29, 1.82) is 0 Å². The van der Waals surface area contributed by atoms with Crippen molar-refractivity contribution in [3.8, 4) is 17.2 Å². The van der Waals surface area contributed by atoms with Crippen molar-refractivity contribution in [2.24, 2.45) is 5.10 Å². The molecule has 0 unspecified atom stereocenters. The molecule has 12 heteroatoms. The van der Waals surface area contributed by atoms with Crippen molar-refractivity contribution in [2.45, 2.75) is 39.6 Å². The minimum Gasteiger partial charge on any atom is -0.490 e. The minimum atomic E-state index is -1.11. The zero-order valence-corrected chi connectivity index (χ0v) is 27.0. The van der Waals surface area contributed by atoms with E-state index in [1.54, 1.807) is 31.3 Å². The lowest BCUT2D eigenvalue weighted by molar-refractivity contribution is -0.136. The number of aryl methyl sites for hydroxylation is 1. The number of hydrazone groups is 1. The molecule has 0 saturated heterocycles. The molecule has 0 fully saturated rings. The number of nitrogens with one attached hydrogen (secondary N) is 3. The number of methoxy groups -OCH3 is 1. The monoisotopic (exact) mass is 714 g/mol. The number of benzene rings is 3. The van der Waals surface area contributed by atoms with Crippen LogP contribution in [0.15, 0.2) is 77.0 Å². The Morgan fingerprint density at radius 2 is 1.86 bits per heavy atom. The van der Waals surface area contributed by atoms with E-state index < -0.39 is 24.3 Å². The number of carbonyl (C=O) groups excluding carboxylic acids is 2. The Morgan fingerprint density at radius 1 is 1.07 bits per heavy atom. The largest absolute Gasteiger partial charge is 0.490 e. The van der Waals surface area contributed by atoms with E-state index in [2.05, 4.69) is 62.8 Å². The molecule has 1 heterocycles. The second kappa shape index (κ2) is 15.4. The summed E-state index contributed by atoms with van der Waals surface area (Å²) < 4.78 is 23.4. The molecule has 3 aromatic rings. The first-order valence-corrected chi connectivity index (χ1v) is 15.0. The third-order valence-electron chi connectivity index (χ3n) is 6.54. The number of rotatable bonds is 13. The molecule has 232 valence electrons. The molecule has 1 aliphatic heterocycles. The lowest BCUT2D eigenvalue weighted by Gasteiger charge is -2.28. The second-order valence-corrected chi connectivity index (χ2v) is 11.0. The molecule has 2 amide bonds. The molecule has 0 saturated carbocycles. The highest BCUT2D eigenvalue weighted by Gasteiger charge is 2.32. The Labute approximate surface area is 269 Å². The molecule has 0 radical (unpaired) electrons. The normalized spacial score (nSPS) is 15.3. The van der Waals surface area contributed by atoms with Crippen LogP contribution in [0.1, 0.15) is 42.1 Å². The number of aliphatic hydroxyl groups is 1. The molecule has 2 atom stereocenters. The van der Waals surface area contributed by atoms with E-state index in [-0.39, 0.29) is 12.2 Å². The molecular weight excluding hydrogens is 679 g/mol. The SMILES string of the molecule is CCOc1cc([C@H]2NC(=O)NC(C)=C2C(=O)OC)ccc1OC[C@@H](O)N/N=C\c1ccc(OCc2cccc(C)c2)c(I)c1. The Kier molecular flexibility index (Phi) is 11.4. The van der Waals surface area contributed by atoms with Gasteiger partial charge in [-0.25, -0.2) is 9.59 Å². The van der Waals surface area contributed by atoms with E-state index in [1.807, 2.05) is 37.3 Å². The van der Waals surface area contributed by atoms with Crippen LogP contribution in [0.4, 0.5) is 4.79 Å². The molecule has 11 nitrogen and oxygen atoms in total. The van der Waals surface area contributed by atoms with Crippen LogP contribution in [0, 0.1) is 10.5 Å². The summed E-state index contributed by atoms with van der Waals surface area (Å²) in [5.74, 6) is 0.966. The summed E-state index contributed by atoms with van der Waals surface area (Å²) in [6, 6.07) is 17.7. The smallest absolute Gasteiger partial charge is 0.337 e. The summed E-state index contributed by atoms with van der Waals surface area (Å²) in [6.07, 6.45) is 0.481. The Balaban J connectivity index is 1.34. The van der Waals surface area contributed by atoms with Gasteiger partial charge in [-0.3, -0.25) is 5.43 Å². The van der Waals surface area contributed by atoms with Crippen molar-refractivity contribution in [1.82, 2.24) is 16.1 Å². The van der Waals surface area contributed by atoms with Gasteiger partial charge in [-0.2, -0.15) is 5.10 Å². The highest BCUT2D eigenvalue weighted by molar-refractivity contribution is 14.1. The van der Waals surface area contributed by atoms with Gasteiger partial charge in [0.15, 0.2) is 17.7 Å². The minimum absolute atomic E-state index is 0.128. The highest BCUT2D eigenvalue weighted by Crippen LogP contribution is 2.35. The number of amides is 2. The van der Waals surface area contributed by atoms with Crippen LogP contribution < -0.4 is 30.3 Å². The zero-order valence-electron chi connectivity index (χ0n) is 24.8. The average molecular weight is 715 g/mol. The van der Waals surface area contributed by atoms with E-state index in [1.165, 1.54) is 12.7 Å². The Bertz CT molecular complexity index is 1560. The number of halogens is 1. The van der Waals surface area contributed by atoms with Crippen molar-refractivity contribution < 1.29 is 33.6 Å². The number of allylic oxidation sites excluding steroid dienone is 1. The zero-order chi connectivity index (χ0) is 31.6. The number of ether oxygens (including phenoxy) is 4. The van der Waals surface area contributed by atoms with Gasteiger partial charge < -0.3 is 34.7 Å². The fourth-order valence-electron chi connectivity index (χ4n) is 4.50. The maximum atomic E-state index is 12.4. The van der Waals surface area contributed by atoms with Crippen LogP contribution in [-0.2, 0) is 16.1 Å². The van der Waals surface area contributed by atoms with E-state index in [0.29, 0.717) is 36.0 Å². The van der Waals surface area contributed by atoms with Gasteiger partial charge in [0.1, 0.15) is 19.0 Å². The Hall–Kier alpha value is -4.30. The van der Waals surface area contributed by atoms with Crippen molar-refractivity contribution in [3.63, 3.8) is 0 Å². The molecule has 3 aromatic carbocycles. The number of nitrogens with zero attached hydrogens (tertiary/aromatic N) is 1. The molecule has 1 aliphatic rings. The van der Waals surface area contributed by atoms with Gasteiger partial charge in [-0.05, 0) is 90.4 Å². The van der Waals surface area contributed by atoms with E-state index in [0.717, 1.165) is 20.4 Å². The van der Waals surface area contributed by atoms with E-state index in [4.69, 9.17) is 18.9 Å². The summed E-state index contributed by atoms with van der Waals surface area (Å²) in [4.78, 5) is 24.6. The quantitative estimate of drug-likeness (QED) is 0.0658. The van der Waals surface area contributed by atoms with E-state index in [9.17, 15) is 14.7 Å². The van der Waals surface area contributed by atoms with Gasteiger partial charge in [0.2, 0.25) is 0 Å². The number of esters is 1. The molecule has 0 aromatic heterocycles. The lowest BCUT2D eigenvalue weighted by atomic mass is 9.95. The third-order valence-corrected chi connectivity index (χ3v) is 7.39. The maximum absolute atomic E-state index is 12.4. The number of hydrogen-bond donors (Lipinski definition) is 4. The van der Waals surface area contributed by atoms with Crippen LogP contribution >= 0.6 is 22.6 Å². The first-order chi connectivity index (χ1) is 21.2. The van der Waals surface area contributed by atoms with E-state index >= 15 is 0 Å². The molecule has 44 heavy (non-hydrogen) atoms. The number of urea groups is 1. The van der Waals surface area contributed by atoms with Crippen LogP contribution in [0.5, 0.6) is 17.2 Å². The fraction of sp³-hybridized carbons (Fsp3) is 0.281. The van der Waals surface area contributed by atoms with Crippen molar-refractivity contribution in [3.05, 3.63) is 97.8 Å². The van der Waals surface area contributed by atoms with Crippen LogP contribution in [0.3, 0.4) is 0 Å². The molecule has 0 aliphatic carbocycles. The lowest BCUT2D eigenvalue weighted by Crippen LogP contribution is -2.45. The Morgan fingerprint density at radius 3 is 2.59 bits per heavy atom. The predicted octanol–water partition coefficient (Wildman–Crippen LogP) is 4.70. The average Bonchev–Trinajstić information content (AvgIpc) is 2.99. The van der Waals surface area contributed by atoms with Gasteiger partial charge in [0.25, 0.3) is 0 Å². The molecule has 0 spiro atoms. The number of hydrogen-bond acceptors (Lipinski definition) is 9. The van der Waals surface area contributed by atoms with Crippen molar-refractivity contribution in [2.75, 3.05) is 20.3 Å². The topological polar surface area (TPSA) is 140 Å². The van der Waals surface area contributed by atoms with Gasteiger partial charge >= 0.3 is 12.0 Å². The van der Waals surface area contributed by atoms with Crippen LogP contribution in [0.25, 0.3) is 0 Å². The van der Waals surface area contributed by atoms with Gasteiger partial charge in [-0.15, -0.1) is 0 Å². The van der Waals surface area contributed by atoms with Gasteiger partial charge in [-0.1, -0.05) is 35.9 Å². The molecule has 4 N–H and O–H groups in total. The number of aliphatic hydroxyl groups excluding tert-OH is 1. The van der Waals surface area contributed by atoms with Crippen LogP contribution in [-0.4, -0.2) is 49.9 Å². The predicted molar refractivity (Wildman–Crippen MR) is 174 cm³/mol. The summed E-state index contributed by atoms with van der Waals surface area (Å²) in [6.45, 7) is 6.20. The first-order valence-electron chi connectivity index (χ1n) is 13.9. The standard InChI is InChI=1S/C32H35IN4O7/c1-5-42-27-15-23(30-29(31(39)41-4)20(3)35-32(40)36-30)10-12-26(27)44-18-28(38)37-34-16-21-9-11-25(24(33)14-21)43-17-22-8-6-7-19(2)13-22/h6-16,28,30,37-38H,5,17-18H2,1-4H3,(H2,35,36,40)/b34-16-/t28-,30-/m1/s1.